The molecule has 0 saturated carbocycles. The fraction of sp³-hybridized carbons (Fsp3) is 0.417. The maximum atomic E-state index is 11.0. The average Bonchev–Trinajstić information content (AvgIpc) is 2.25. The Morgan fingerprint density at radius 1 is 1.40 bits per heavy atom. The third kappa shape index (κ3) is 4.13. The quantitative estimate of drug-likeness (QED) is 0.752. The van der Waals surface area contributed by atoms with E-state index in [0.717, 1.165) is 12.0 Å². The van der Waals surface area contributed by atoms with Crippen LogP contribution in [0.4, 0.5) is 0 Å². The number of carbonyl (C=O) groups is 1. The van der Waals surface area contributed by atoms with Crippen LogP contribution in [0.15, 0.2) is 30.3 Å². The van der Waals surface area contributed by atoms with Crippen LogP contribution in [0.1, 0.15) is 32.1 Å². The fourth-order valence-electron chi connectivity index (χ4n) is 1.27. The lowest BCUT2D eigenvalue weighted by Gasteiger charge is -2.18. The lowest BCUT2D eigenvalue weighted by atomic mass is 10.2. The minimum Gasteiger partial charge on any atom is -0.354 e. The Labute approximate surface area is 90.4 Å². The molecule has 0 fully saturated rings. The van der Waals surface area contributed by atoms with Gasteiger partial charge in [0.2, 0.25) is 5.91 Å². The van der Waals surface area contributed by atoms with Crippen LogP contribution in [0.25, 0.3) is 0 Å². The summed E-state index contributed by atoms with van der Waals surface area (Å²) in [6.45, 7) is 4.17. The number of benzene rings is 1. The predicted octanol–water partition coefficient (Wildman–Crippen LogP) is 2.25. The molecule has 0 aromatic heterocycles. The Hall–Kier alpha value is -1.35. The number of hydrogen-bond acceptors (Lipinski definition) is 2. The summed E-state index contributed by atoms with van der Waals surface area (Å²) < 4.78 is 5.56. The van der Waals surface area contributed by atoms with Crippen LogP contribution in [-0.2, 0) is 9.53 Å². The van der Waals surface area contributed by atoms with Crippen molar-refractivity contribution >= 4 is 5.91 Å². The Balaban J connectivity index is 2.67. The van der Waals surface area contributed by atoms with Crippen molar-refractivity contribution in [2.24, 2.45) is 0 Å². The summed E-state index contributed by atoms with van der Waals surface area (Å²) >= 11 is 0. The van der Waals surface area contributed by atoms with Crippen molar-refractivity contribution in [1.29, 1.82) is 0 Å². The molecule has 3 nitrogen and oxygen atoms in total. The highest BCUT2D eigenvalue weighted by atomic mass is 16.5. The first-order chi connectivity index (χ1) is 7.24. The zero-order valence-corrected chi connectivity index (χ0v) is 9.19. The summed E-state index contributed by atoms with van der Waals surface area (Å²) in [7, 11) is 0. The van der Waals surface area contributed by atoms with Gasteiger partial charge < -0.3 is 10.1 Å². The van der Waals surface area contributed by atoms with Crippen molar-refractivity contribution in [3.05, 3.63) is 35.9 Å². The molecule has 0 spiro atoms. The van der Waals surface area contributed by atoms with Gasteiger partial charge in [-0.15, -0.1) is 0 Å². The van der Waals surface area contributed by atoms with Crippen molar-refractivity contribution in [1.82, 2.24) is 5.32 Å². The minimum absolute atomic E-state index is 0.0834. The van der Waals surface area contributed by atoms with Gasteiger partial charge >= 0.3 is 0 Å². The second-order valence-electron chi connectivity index (χ2n) is 3.36. The average molecular weight is 207 g/mol. The molecule has 0 radical (unpaired) electrons. The molecule has 1 atom stereocenters. The maximum absolute atomic E-state index is 11.0. The van der Waals surface area contributed by atoms with Crippen LogP contribution in [0.5, 0.6) is 0 Å². The second-order valence-corrected chi connectivity index (χ2v) is 3.36. The van der Waals surface area contributed by atoms with Gasteiger partial charge in [-0.1, -0.05) is 37.3 Å². The van der Waals surface area contributed by atoms with Gasteiger partial charge in [0.15, 0.2) is 6.23 Å². The van der Waals surface area contributed by atoms with E-state index in [9.17, 15) is 4.79 Å². The SMILES string of the molecule is CCCOC(NC(C)=O)c1ccccc1. The summed E-state index contributed by atoms with van der Waals surface area (Å²) in [4.78, 5) is 11.0. The van der Waals surface area contributed by atoms with E-state index in [1.807, 2.05) is 37.3 Å². The summed E-state index contributed by atoms with van der Waals surface area (Å²) in [6.07, 6.45) is 0.603. The largest absolute Gasteiger partial charge is 0.354 e. The lowest BCUT2D eigenvalue weighted by molar-refractivity contribution is -0.123. The molecule has 1 aromatic rings. The van der Waals surface area contributed by atoms with E-state index in [4.69, 9.17) is 4.74 Å². The molecule has 0 saturated heterocycles. The molecular formula is C12H17NO2. The third-order valence-electron chi connectivity index (χ3n) is 1.93. The summed E-state index contributed by atoms with van der Waals surface area (Å²) in [6, 6.07) is 9.68. The van der Waals surface area contributed by atoms with Crippen LogP contribution in [-0.4, -0.2) is 12.5 Å². The number of hydrogen-bond donors (Lipinski definition) is 1. The Bertz CT molecular complexity index is 298. The molecule has 0 aliphatic rings. The van der Waals surface area contributed by atoms with E-state index in [2.05, 4.69) is 5.32 Å². The van der Waals surface area contributed by atoms with Gasteiger partial charge in [0.25, 0.3) is 0 Å². The van der Waals surface area contributed by atoms with E-state index in [1.165, 1.54) is 6.92 Å². The maximum Gasteiger partial charge on any atom is 0.219 e. The third-order valence-corrected chi connectivity index (χ3v) is 1.93. The number of rotatable bonds is 5. The van der Waals surface area contributed by atoms with Gasteiger partial charge in [-0.2, -0.15) is 0 Å². The first-order valence-corrected chi connectivity index (χ1v) is 5.17. The molecule has 1 N–H and O–H groups in total. The first-order valence-electron chi connectivity index (χ1n) is 5.17. The predicted molar refractivity (Wildman–Crippen MR) is 59.2 cm³/mol. The highest BCUT2D eigenvalue weighted by Gasteiger charge is 2.11. The Morgan fingerprint density at radius 3 is 2.60 bits per heavy atom. The minimum atomic E-state index is -0.330. The molecule has 15 heavy (non-hydrogen) atoms. The lowest BCUT2D eigenvalue weighted by Crippen LogP contribution is -2.28. The van der Waals surface area contributed by atoms with Gasteiger partial charge in [0.1, 0.15) is 0 Å². The Kier molecular flexibility index (Phi) is 4.84. The molecule has 82 valence electrons. The fourth-order valence-corrected chi connectivity index (χ4v) is 1.27. The molecule has 3 heteroatoms. The standard InChI is InChI=1S/C12H17NO2/c1-3-9-15-12(13-10(2)14)11-7-5-4-6-8-11/h4-8,12H,3,9H2,1-2H3,(H,13,14). The smallest absolute Gasteiger partial charge is 0.219 e. The van der Waals surface area contributed by atoms with Crippen LogP contribution in [0.3, 0.4) is 0 Å². The van der Waals surface area contributed by atoms with Crippen LogP contribution in [0, 0.1) is 0 Å². The van der Waals surface area contributed by atoms with Gasteiger partial charge in [-0.3, -0.25) is 4.79 Å². The number of amides is 1. The van der Waals surface area contributed by atoms with Gasteiger partial charge in [-0.25, -0.2) is 0 Å². The highest BCUT2D eigenvalue weighted by molar-refractivity contribution is 5.73. The highest BCUT2D eigenvalue weighted by Crippen LogP contribution is 2.13. The Morgan fingerprint density at radius 2 is 2.07 bits per heavy atom. The normalized spacial score (nSPS) is 12.1. The second kappa shape index (κ2) is 6.19. The van der Waals surface area contributed by atoms with E-state index in [0.29, 0.717) is 6.61 Å². The molecule has 0 bridgehead atoms. The van der Waals surface area contributed by atoms with Crippen molar-refractivity contribution in [2.45, 2.75) is 26.5 Å². The molecule has 0 heterocycles. The van der Waals surface area contributed by atoms with Crippen molar-refractivity contribution in [2.75, 3.05) is 6.61 Å². The van der Waals surface area contributed by atoms with Gasteiger partial charge in [0.05, 0.1) is 0 Å². The number of nitrogens with one attached hydrogen (secondary N) is 1. The topological polar surface area (TPSA) is 38.3 Å². The van der Waals surface area contributed by atoms with Crippen LogP contribution < -0.4 is 5.32 Å². The summed E-state index contributed by atoms with van der Waals surface area (Å²) in [5, 5.41) is 2.77. The van der Waals surface area contributed by atoms with Crippen molar-refractivity contribution in [3.63, 3.8) is 0 Å². The van der Waals surface area contributed by atoms with Crippen molar-refractivity contribution in [3.8, 4) is 0 Å². The molecule has 0 aliphatic carbocycles. The molecule has 1 unspecified atom stereocenters. The summed E-state index contributed by atoms with van der Waals surface area (Å²) in [5.41, 5.74) is 0.973. The van der Waals surface area contributed by atoms with E-state index in [1.54, 1.807) is 0 Å². The number of carbonyl (C=O) groups excluding carboxylic acids is 1. The number of ether oxygens (including phenoxy) is 1. The molecular weight excluding hydrogens is 190 g/mol. The van der Waals surface area contributed by atoms with Crippen LogP contribution in [0.2, 0.25) is 0 Å². The molecule has 1 aromatic carbocycles. The van der Waals surface area contributed by atoms with E-state index in [-0.39, 0.29) is 12.1 Å². The van der Waals surface area contributed by atoms with E-state index >= 15 is 0 Å². The molecule has 1 amide bonds. The first kappa shape index (κ1) is 11.7. The molecule has 0 aliphatic heterocycles. The molecule has 1 rings (SSSR count). The van der Waals surface area contributed by atoms with Gasteiger partial charge in [-0.05, 0) is 6.42 Å². The zero-order chi connectivity index (χ0) is 11.1. The summed E-state index contributed by atoms with van der Waals surface area (Å²) in [5.74, 6) is -0.0834. The van der Waals surface area contributed by atoms with Gasteiger partial charge in [0, 0.05) is 19.1 Å². The zero-order valence-electron chi connectivity index (χ0n) is 9.19. The van der Waals surface area contributed by atoms with Crippen LogP contribution >= 0.6 is 0 Å². The van der Waals surface area contributed by atoms with Crippen molar-refractivity contribution < 1.29 is 9.53 Å². The van der Waals surface area contributed by atoms with E-state index < -0.39 is 0 Å². The monoisotopic (exact) mass is 207 g/mol.